The summed E-state index contributed by atoms with van der Waals surface area (Å²) >= 11 is 0. The first-order valence-corrected chi connectivity index (χ1v) is 15.1. The molecule has 3 aromatic rings. The Hall–Kier alpha value is -3.66. The zero-order valence-corrected chi connectivity index (χ0v) is 23.6. The molecule has 0 radical (unpaired) electrons. The maximum Gasteiger partial charge on any atom is 0.254 e. The maximum atomic E-state index is 13.9. The molecule has 6 rings (SSSR count). The smallest absolute Gasteiger partial charge is 0.254 e. The molecule has 4 heteroatoms. The fourth-order valence-corrected chi connectivity index (χ4v) is 7.30. The lowest BCUT2D eigenvalue weighted by molar-refractivity contribution is -0.125. The number of hydrogen-bond donors (Lipinski definition) is 1. The van der Waals surface area contributed by atoms with Crippen LogP contribution in [0.25, 0.3) is 11.1 Å². The predicted molar refractivity (Wildman–Crippen MR) is 161 cm³/mol. The first kappa shape index (κ1) is 26.6. The van der Waals surface area contributed by atoms with Crippen LogP contribution in [0.5, 0.6) is 0 Å². The molecule has 1 aliphatic heterocycles. The molecule has 2 amide bonds. The second-order valence-electron chi connectivity index (χ2n) is 11.8. The summed E-state index contributed by atoms with van der Waals surface area (Å²) in [5.74, 6) is 0.932. The van der Waals surface area contributed by atoms with Crippen molar-refractivity contribution in [2.45, 2.75) is 76.3 Å². The lowest BCUT2D eigenvalue weighted by Gasteiger charge is -2.30. The Morgan fingerprint density at radius 2 is 1.55 bits per heavy atom. The number of nitrogens with zero attached hydrogens (tertiary/aromatic N) is 1. The van der Waals surface area contributed by atoms with Crippen molar-refractivity contribution < 1.29 is 9.59 Å². The molecule has 2 aliphatic carbocycles. The Kier molecular flexibility index (Phi) is 7.60. The molecule has 1 fully saturated rings. The van der Waals surface area contributed by atoms with Crippen LogP contribution in [0.15, 0.2) is 84.9 Å². The van der Waals surface area contributed by atoms with Gasteiger partial charge in [-0.25, -0.2) is 0 Å². The zero-order chi connectivity index (χ0) is 27.5. The Morgan fingerprint density at radius 1 is 0.875 bits per heavy atom. The number of amides is 2. The normalized spacial score (nSPS) is 21.1. The van der Waals surface area contributed by atoms with Gasteiger partial charge in [0.15, 0.2) is 0 Å². The SMILES string of the molecule is CCCNC(=O)C1(C/C=C/CC2CCCC(N3Cc4ccccc4C3=O)CC2)c2ccccc2-c2ccccc21. The van der Waals surface area contributed by atoms with Crippen molar-refractivity contribution in [3.05, 3.63) is 107 Å². The van der Waals surface area contributed by atoms with E-state index >= 15 is 0 Å². The molecular formula is C36H40N2O2. The van der Waals surface area contributed by atoms with E-state index in [9.17, 15) is 9.59 Å². The summed E-state index contributed by atoms with van der Waals surface area (Å²) in [6.07, 6.45) is 12.8. The highest BCUT2D eigenvalue weighted by Crippen LogP contribution is 2.51. The van der Waals surface area contributed by atoms with E-state index in [4.69, 9.17) is 0 Å². The summed E-state index contributed by atoms with van der Waals surface area (Å²) in [6, 6.07) is 25.2. The van der Waals surface area contributed by atoms with E-state index < -0.39 is 5.41 Å². The Morgan fingerprint density at radius 3 is 2.25 bits per heavy atom. The monoisotopic (exact) mass is 532 g/mol. The van der Waals surface area contributed by atoms with Crippen molar-refractivity contribution in [2.24, 2.45) is 5.92 Å². The molecule has 1 heterocycles. The summed E-state index contributed by atoms with van der Waals surface area (Å²) < 4.78 is 0. The fourth-order valence-electron chi connectivity index (χ4n) is 7.30. The van der Waals surface area contributed by atoms with Gasteiger partial charge in [-0.05, 0) is 78.3 Å². The van der Waals surface area contributed by atoms with E-state index in [1.54, 1.807) is 0 Å². The molecule has 3 aliphatic rings. The van der Waals surface area contributed by atoms with E-state index in [0.717, 1.165) is 61.8 Å². The zero-order valence-electron chi connectivity index (χ0n) is 23.6. The average molecular weight is 533 g/mol. The molecule has 0 bridgehead atoms. The number of carbonyl (C=O) groups excluding carboxylic acids is 2. The molecule has 0 aromatic heterocycles. The van der Waals surface area contributed by atoms with Crippen LogP contribution in [0.3, 0.4) is 0 Å². The number of benzene rings is 3. The van der Waals surface area contributed by atoms with Crippen LogP contribution in [0.4, 0.5) is 0 Å². The van der Waals surface area contributed by atoms with Crippen molar-refractivity contribution in [1.82, 2.24) is 10.2 Å². The Bertz CT molecular complexity index is 1380. The molecule has 1 N–H and O–H groups in total. The standard InChI is InChI=1S/C36H40N2O2/c1-2-24-37-35(40)36(32-19-7-5-17-30(32)31-18-6-8-20-33(31)36)23-10-9-12-26-13-11-15-28(22-21-26)38-25-27-14-3-4-16-29(27)34(38)39/h3-10,14,16-20,26,28H,2,11-13,15,21-25H2,1H3,(H,37,40)/b10-9+. The van der Waals surface area contributed by atoms with Crippen LogP contribution < -0.4 is 5.32 Å². The first-order chi connectivity index (χ1) is 19.6. The van der Waals surface area contributed by atoms with Gasteiger partial charge in [-0.15, -0.1) is 0 Å². The third kappa shape index (κ3) is 4.68. The molecule has 0 spiro atoms. The van der Waals surface area contributed by atoms with E-state index in [-0.39, 0.29) is 11.8 Å². The highest BCUT2D eigenvalue weighted by Gasteiger charge is 2.48. The largest absolute Gasteiger partial charge is 0.355 e. The highest BCUT2D eigenvalue weighted by atomic mass is 16.2. The Labute approximate surface area is 238 Å². The van der Waals surface area contributed by atoms with Crippen molar-refractivity contribution in [1.29, 1.82) is 0 Å². The van der Waals surface area contributed by atoms with Gasteiger partial charge >= 0.3 is 0 Å². The minimum absolute atomic E-state index is 0.102. The maximum absolute atomic E-state index is 13.9. The second-order valence-corrected chi connectivity index (χ2v) is 11.8. The van der Waals surface area contributed by atoms with Crippen molar-refractivity contribution in [3.63, 3.8) is 0 Å². The topological polar surface area (TPSA) is 49.4 Å². The minimum atomic E-state index is -0.696. The van der Waals surface area contributed by atoms with Gasteiger partial charge < -0.3 is 10.2 Å². The van der Waals surface area contributed by atoms with Gasteiger partial charge in [0.25, 0.3) is 5.91 Å². The van der Waals surface area contributed by atoms with Crippen LogP contribution in [0, 0.1) is 5.92 Å². The van der Waals surface area contributed by atoms with Crippen LogP contribution in [-0.2, 0) is 16.8 Å². The van der Waals surface area contributed by atoms with Gasteiger partial charge in [-0.2, -0.15) is 0 Å². The van der Waals surface area contributed by atoms with Gasteiger partial charge in [-0.3, -0.25) is 9.59 Å². The summed E-state index contributed by atoms with van der Waals surface area (Å²) in [6.45, 7) is 3.54. The second kappa shape index (κ2) is 11.4. The van der Waals surface area contributed by atoms with Crippen LogP contribution in [0.1, 0.15) is 85.3 Å². The van der Waals surface area contributed by atoms with Gasteiger partial charge in [0.05, 0.1) is 0 Å². The summed E-state index contributed by atoms with van der Waals surface area (Å²) in [5, 5.41) is 3.23. The molecule has 40 heavy (non-hydrogen) atoms. The van der Waals surface area contributed by atoms with Crippen LogP contribution in [-0.4, -0.2) is 29.3 Å². The first-order valence-electron chi connectivity index (χ1n) is 15.1. The fraction of sp³-hybridized carbons (Fsp3) is 0.389. The third-order valence-corrected chi connectivity index (χ3v) is 9.40. The van der Waals surface area contributed by atoms with E-state index in [1.807, 2.05) is 18.2 Å². The lowest BCUT2D eigenvalue weighted by atomic mass is 9.74. The van der Waals surface area contributed by atoms with E-state index in [2.05, 4.69) is 83.9 Å². The quantitative estimate of drug-likeness (QED) is 0.242. The number of nitrogens with one attached hydrogen (secondary N) is 1. The molecule has 0 saturated heterocycles. The highest BCUT2D eigenvalue weighted by molar-refractivity contribution is 6.01. The van der Waals surface area contributed by atoms with Gasteiger partial charge in [0.1, 0.15) is 5.41 Å². The van der Waals surface area contributed by atoms with Crippen LogP contribution >= 0.6 is 0 Å². The van der Waals surface area contributed by atoms with Gasteiger partial charge in [0.2, 0.25) is 5.91 Å². The average Bonchev–Trinajstić information content (AvgIpc) is 3.35. The van der Waals surface area contributed by atoms with Crippen molar-refractivity contribution in [3.8, 4) is 11.1 Å². The lowest BCUT2D eigenvalue weighted by Crippen LogP contribution is -2.44. The third-order valence-electron chi connectivity index (χ3n) is 9.40. The van der Waals surface area contributed by atoms with Crippen molar-refractivity contribution in [2.75, 3.05) is 6.54 Å². The van der Waals surface area contributed by atoms with Crippen LogP contribution in [0.2, 0.25) is 0 Å². The molecule has 1 saturated carbocycles. The van der Waals surface area contributed by atoms with Gasteiger partial charge in [0, 0.05) is 24.7 Å². The number of fused-ring (bicyclic) bond motifs is 4. The summed E-state index contributed by atoms with van der Waals surface area (Å²) in [7, 11) is 0. The molecule has 206 valence electrons. The number of rotatable bonds is 8. The molecule has 2 unspecified atom stereocenters. The number of allylic oxidation sites excluding steroid dienone is 2. The molecule has 3 aromatic carbocycles. The van der Waals surface area contributed by atoms with E-state index in [0.29, 0.717) is 24.9 Å². The molecular weight excluding hydrogens is 492 g/mol. The molecule has 2 atom stereocenters. The Balaban J connectivity index is 1.15. The number of hydrogen-bond acceptors (Lipinski definition) is 2. The predicted octanol–water partition coefficient (Wildman–Crippen LogP) is 7.42. The summed E-state index contributed by atoms with van der Waals surface area (Å²) in [4.78, 5) is 29.0. The van der Waals surface area contributed by atoms with Gasteiger partial charge in [-0.1, -0.05) is 98.6 Å². The van der Waals surface area contributed by atoms with Crippen molar-refractivity contribution >= 4 is 11.8 Å². The van der Waals surface area contributed by atoms with E-state index in [1.165, 1.54) is 23.1 Å². The molecule has 4 nitrogen and oxygen atoms in total. The minimum Gasteiger partial charge on any atom is -0.355 e. The number of carbonyl (C=O) groups is 2. The summed E-state index contributed by atoms with van der Waals surface area (Å²) in [5.41, 5.74) is 5.93.